The highest BCUT2D eigenvalue weighted by molar-refractivity contribution is 6.06. The molecule has 0 radical (unpaired) electrons. The van der Waals surface area contributed by atoms with Gasteiger partial charge in [0.15, 0.2) is 0 Å². The van der Waals surface area contributed by atoms with Crippen LogP contribution in [0.4, 0.5) is 5.69 Å². The first kappa shape index (κ1) is 27.4. The summed E-state index contributed by atoms with van der Waals surface area (Å²) in [6.45, 7) is 13.7. The van der Waals surface area contributed by atoms with Crippen LogP contribution in [0.2, 0.25) is 0 Å². The van der Waals surface area contributed by atoms with E-state index in [-0.39, 0.29) is 11.9 Å². The quantitative estimate of drug-likeness (QED) is 0.199. The number of hydrogen-bond acceptors (Lipinski definition) is 4. The van der Waals surface area contributed by atoms with Gasteiger partial charge in [0.25, 0.3) is 5.91 Å². The second-order valence-corrected chi connectivity index (χ2v) is 8.64. The molecule has 0 bridgehead atoms. The average molecular weight is 470 g/mol. The van der Waals surface area contributed by atoms with Crippen molar-refractivity contribution in [2.75, 3.05) is 44.7 Å². The fraction of sp³-hybridized carbons (Fsp3) is 0.500. The predicted molar refractivity (Wildman–Crippen MR) is 138 cm³/mol. The fourth-order valence-corrected chi connectivity index (χ4v) is 4.06. The van der Waals surface area contributed by atoms with E-state index in [1.807, 2.05) is 18.2 Å². The number of carbonyl (C=O) groups excluding carboxylic acids is 2. The minimum atomic E-state index is -0.342. The number of benzene rings is 2. The zero-order chi connectivity index (χ0) is 24.8. The molecule has 0 heterocycles. The maximum Gasteiger partial charge on any atom is 0.338 e. The molecule has 0 fully saturated rings. The van der Waals surface area contributed by atoms with Crippen LogP contribution in [0.25, 0.3) is 0 Å². The summed E-state index contributed by atoms with van der Waals surface area (Å²) in [4.78, 5) is 25.3. The Morgan fingerprint density at radius 1 is 0.824 bits per heavy atom. The lowest BCUT2D eigenvalue weighted by molar-refractivity contribution is -0.925. The lowest BCUT2D eigenvalue weighted by Gasteiger charge is -2.36. The summed E-state index contributed by atoms with van der Waals surface area (Å²) in [6, 6.07) is 14.0. The van der Waals surface area contributed by atoms with Gasteiger partial charge in [-0.3, -0.25) is 4.79 Å². The number of rotatable bonds is 15. The van der Waals surface area contributed by atoms with Crippen molar-refractivity contribution in [2.45, 2.75) is 53.4 Å². The molecular formula is C28H41N2O4+. The number of carbonyl (C=O) groups is 2. The molecule has 0 saturated carbocycles. The van der Waals surface area contributed by atoms with Crippen LogP contribution in [0, 0.1) is 0 Å². The van der Waals surface area contributed by atoms with Crippen LogP contribution >= 0.6 is 0 Å². The molecular weight excluding hydrogens is 428 g/mol. The van der Waals surface area contributed by atoms with Gasteiger partial charge in [-0.2, -0.15) is 0 Å². The van der Waals surface area contributed by atoms with Gasteiger partial charge in [0, 0.05) is 5.69 Å². The number of unbranched alkanes of at least 4 members (excludes halogenated alkanes) is 2. The minimum absolute atomic E-state index is 0.245. The summed E-state index contributed by atoms with van der Waals surface area (Å²) in [5, 5.41) is 2.89. The number of amides is 1. The Balaban J connectivity index is 1.92. The Kier molecular flexibility index (Phi) is 11.6. The molecule has 34 heavy (non-hydrogen) atoms. The highest BCUT2D eigenvalue weighted by Gasteiger charge is 2.22. The first-order valence-electron chi connectivity index (χ1n) is 12.6. The van der Waals surface area contributed by atoms with Crippen LogP contribution in [0.1, 0.15) is 74.1 Å². The minimum Gasteiger partial charge on any atom is -0.493 e. The Morgan fingerprint density at radius 2 is 1.53 bits per heavy atom. The monoisotopic (exact) mass is 469 g/mol. The van der Waals surface area contributed by atoms with Gasteiger partial charge < -0.3 is 19.3 Å². The highest BCUT2D eigenvalue weighted by Crippen LogP contribution is 2.21. The molecule has 2 rings (SSSR count). The topological polar surface area (TPSA) is 64.6 Å². The van der Waals surface area contributed by atoms with Gasteiger partial charge in [-0.15, -0.1) is 0 Å². The Hall–Kier alpha value is -2.86. The molecule has 2 aromatic carbocycles. The SMILES string of the molecule is CCCCCOc1ccccc1C(=O)Nc1ccc(C(=O)OCC[N+](CC)(CC)CCC)cc1. The molecule has 0 atom stereocenters. The molecule has 0 saturated heterocycles. The van der Waals surface area contributed by atoms with Crippen molar-refractivity contribution in [3.63, 3.8) is 0 Å². The third kappa shape index (κ3) is 8.17. The Labute approximate surface area is 204 Å². The standard InChI is InChI=1S/C28H40N2O4/c1-5-9-12-21-33-26-14-11-10-13-25(26)27(31)29-24-17-15-23(16-18-24)28(32)34-22-20-30(7-3,8-4)19-6-2/h10-11,13-18H,5-9,12,19-22H2,1-4H3/p+1. The van der Waals surface area contributed by atoms with Gasteiger partial charge in [0.05, 0.1) is 37.4 Å². The first-order chi connectivity index (χ1) is 16.5. The van der Waals surface area contributed by atoms with E-state index in [2.05, 4.69) is 33.0 Å². The zero-order valence-corrected chi connectivity index (χ0v) is 21.3. The summed E-state index contributed by atoms with van der Waals surface area (Å²) in [5.41, 5.74) is 1.57. The molecule has 1 N–H and O–H groups in total. The number of ether oxygens (including phenoxy) is 2. The second kappa shape index (κ2) is 14.4. The average Bonchev–Trinajstić information content (AvgIpc) is 2.86. The van der Waals surface area contributed by atoms with E-state index < -0.39 is 0 Å². The zero-order valence-electron chi connectivity index (χ0n) is 21.3. The van der Waals surface area contributed by atoms with E-state index in [1.165, 1.54) is 0 Å². The van der Waals surface area contributed by atoms with E-state index in [4.69, 9.17) is 9.47 Å². The molecule has 0 aromatic heterocycles. The third-order valence-electron chi connectivity index (χ3n) is 6.35. The maximum absolute atomic E-state index is 12.8. The highest BCUT2D eigenvalue weighted by atomic mass is 16.5. The molecule has 1 amide bonds. The van der Waals surface area contributed by atoms with Crippen LogP contribution in [0.5, 0.6) is 5.75 Å². The normalized spacial score (nSPS) is 11.2. The maximum atomic E-state index is 12.8. The number of esters is 1. The number of anilines is 1. The van der Waals surface area contributed by atoms with Crippen molar-refractivity contribution in [1.82, 2.24) is 0 Å². The van der Waals surface area contributed by atoms with Crippen molar-refractivity contribution in [2.24, 2.45) is 0 Å². The molecule has 6 nitrogen and oxygen atoms in total. The molecule has 0 aliphatic rings. The Bertz CT molecular complexity index is 892. The second-order valence-electron chi connectivity index (χ2n) is 8.64. The lowest BCUT2D eigenvalue weighted by Crippen LogP contribution is -2.50. The fourth-order valence-electron chi connectivity index (χ4n) is 4.06. The molecule has 0 spiro atoms. The largest absolute Gasteiger partial charge is 0.493 e. The predicted octanol–water partition coefficient (Wildman–Crippen LogP) is 5.93. The van der Waals surface area contributed by atoms with Crippen molar-refractivity contribution >= 4 is 17.6 Å². The van der Waals surface area contributed by atoms with Gasteiger partial charge in [0.2, 0.25) is 0 Å². The van der Waals surface area contributed by atoms with Crippen LogP contribution in [0.15, 0.2) is 48.5 Å². The molecule has 6 heteroatoms. The summed E-state index contributed by atoms with van der Waals surface area (Å²) in [5.74, 6) is -0.0101. The van der Waals surface area contributed by atoms with Gasteiger partial charge in [0.1, 0.15) is 18.9 Å². The number of para-hydroxylation sites is 1. The van der Waals surface area contributed by atoms with Gasteiger partial charge in [-0.1, -0.05) is 38.8 Å². The molecule has 0 aliphatic carbocycles. The number of hydrogen-bond donors (Lipinski definition) is 1. The number of nitrogens with one attached hydrogen (secondary N) is 1. The van der Waals surface area contributed by atoms with Gasteiger partial charge >= 0.3 is 5.97 Å². The smallest absolute Gasteiger partial charge is 0.338 e. The van der Waals surface area contributed by atoms with Crippen LogP contribution < -0.4 is 10.1 Å². The third-order valence-corrected chi connectivity index (χ3v) is 6.35. The van der Waals surface area contributed by atoms with E-state index in [0.29, 0.717) is 35.8 Å². The van der Waals surface area contributed by atoms with Crippen LogP contribution in [-0.4, -0.2) is 55.8 Å². The molecule has 186 valence electrons. The van der Waals surface area contributed by atoms with E-state index in [9.17, 15) is 9.59 Å². The number of likely N-dealkylation sites (N-methyl/N-ethyl adjacent to an activating group) is 1. The van der Waals surface area contributed by atoms with Crippen molar-refractivity contribution < 1.29 is 23.5 Å². The van der Waals surface area contributed by atoms with E-state index in [1.54, 1.807) is 30.3 Å². The van der Waals surface area contributed by atoms with Crippen molar-refractivity contribution in [1.29, 1.82) is 0 Å². The number of quaternary nitrogens is 1. The summed E-state index contributed by atoms with van der Waals surface area (Å²) < 4.78 is 12.3. The van der Waals surface area contributed by atoms with Crippen LogP contribution in [0.3, 0.4) is 0 Å². The van der Waals surface area contributed by atoms with E-state index >= 15 is 0 Å². The molecule has 0 unspecified atom stereocenters. The summed E-state index contributed by atoms with van der Waals surface area (Å²) >= 11 is 0. The Morgan fingerprint density at radius 3 is 2.18 bits per heavy atom. The van der Waals surface area contributed by atoms with Gasteiger partial charge in [-0.25, -0.2) is 4.79 Å². The lowest BCUT2D eigenvalue weighted by atomic mass is 10.1. The van der Waals surface area contributed by atoms with Crippen LogP contribution in [-0.2, 0) is 4.74 Å². The summed E-state index contributed by atoms with van der Waals surface area (Å²) in [6.07, 6.45) is 4.28. The van der Waals surface area contributed by atoms with Crippen molar-refractivity contribution in [3.8, 4) is 5.75 Å². The first-order valence-corrected chi connectivity index (χ1v) is 12.6. The summed E-state index contributed by atoms with van der Waals surface area (Å²) in [7, 11) is 0. The molecule has 0 aliphatic heterocycles. The number of nitrogens with zero attached hydrogens (tertiary/aromatic N) is 1. The van der Waals surface area contributed by atoms with Gasteiger partial charge in [-0.05, 0) is 63.1 Å². The molecule has 2 aromatic rings. The van der Waals surface area contributed by atoms with E-state index in [0.717, 1.165) is 56.3 Å². The van der Waals surface area contributed by atoms with Crippen molar-refractivity contribution in [3.05, 3.63) is 59.7 Å².